The van der Waals surface area contributed by atoms with E-state index in [-0.39, 0.29) is 19.1 Å². The van der Waals surface area contributed by atoms with Crippen LogP contribution in [0.4, 0.5) is 0 Å². The Morgan fingerprint density at radius 3 is 1.63 bits per heavy atom. The van der Waals surface area contributed by atoms with E-state index in [1.54, 1.807) is 6.08 Å². The first-order valence-electron chi connectivity index (χ1n) is 21.7. The van der Waals surface area contributed by atoms with Gasteiger partial charge >= 0.3 is 7.82 Å². The van der Waals surface area contributed by atoms with Crippen LogP contribution in [0.1, 0.15) is 168 Å². The second-order valence-electron chi connectivity index (χ2n) is 15.7. The number of nitrogens with one attached hydrogen (secondary N) is 1. The molecule has 0 fully saturated rings. The molecule has 0 spiro atoms. The summed E-state index contributed by atoms with van der Waals surface area (Å²) in [4.78, 5) is 23.1. The van der Waals surface area contributed by atoms with Crippen molar-refractivity contribution in [1.82, 2.24) is 5.32 Å². The summed E-state index contributed by atoms with van der Waals surface area (Å²) >= 11 is 0. The van der Waals surface area contributed by atoms with Gasteiger partial charge in [-0.05, 0) is 57.8 Å². The second kappa shape index (κ2) is 36.8. The standard InChI is InChI=1S/C45H83N2O6P/c1-6-8-10-12-14-16-18-20-22-23-25-26-28-30-32-34-36-38-44(48)43(42-53-54(50,51)52-41-40-47(3,4)5)46-45(49)39-37-35-33-31-29-27-24-21-19-17-15-13-11-9-7-2/h9,11,15,17,21,24,29,31,36,38,43-44,48H,6-8,10,12-14,16,18-20,22-23,25-28,30,32-35,37,39-42H2,1-5H3,(H-,46,49,50,51)/p+1/b11-9-,17-15-,24-21-,31-29-,38-36+. The molecule has 0 saturated heterocycles. The highest BCUT2D eigenvalue weighted by Crippen LogP contribution is 2.43. The molecule has 0 rings (SSSR count). The van der Waals surface area contributed by atoms with Gasteiger partial charge in [-0.25, -0.2) is 4.57 Å². The third-order valence-corrected chi connectivity index (χ3v) is 10.2. The molecule has 0 aliphatic carbocycles. The fourth-order valence-electron chi connectivity index (χ4n) is 5.79. The summed E-state index contributed by atoms with van der Waals surface area (Å²) in [7, 11) is 1.53. The fourth-order valence-corrected chi connectivity index (χ4v) is 6.53. The van der Waals surface area contributed by atoms with E-state index in [1.807, 2.05) is 27.2 Å². The molecule has 1 amide bonds. The number of aliphatic hydroxyl groups is 1. The van der Waals surface area contributed by atoms with Crippen LogP contribution in [0.15, 0.2) is 60.8 Å². The van der Waals surface area contributed by atoms with E-state index in [0.29, 0.717) is 23.9 Å². The van der Waals surface area contributed by atoms with Gasteiger partial charge in [-0.1, -0.05) is 164 Å². The van der Waals surface area contributed by atoms with Gasteiger partial charge in [0.1, 0.15) is 13.2 Å². The number of carbonyl (C=O) groups excluding carboxylic acids is 1. The Morgan fingerprint density at radius 2 is 1.11 bits per heavy atom. The molecule has 0 saturated carbocycles. The van der Waals surface area contributed by atoms with E-state index in [4.69, 9.17) is 9.05 Å². The van der Waals surface area contributed by atoms with E-state index >= 15 is 0 Å². The van der Waals surface area contributed by atoms with Crippen LogP contribution >= 0.6 is 7.82 Å². The maximum Gasteiger partial charge on any atom is 0.472 e. The number of carbonyl (C=O) groups is 1. The Balaban J connectivity index is 4.53. The molecule has 0 aliphatic rings. The summed E-state index contributed by atoms with van der Waals surface area (Å²) < 4.78 is 23.5. The molecule has 0 aliphatic heterocycles. The number of amides is 1. The van der Waals surface area contributed by atoms with Gasteiger partial charge in [0.15, 0.2) is 0 Å². The Hall–Kier alpha value is -1.80. The molecule has 0 aromatic rings. The SMILES string of the molecule is CC/C=C\C/C=C\C/C=C\C/C=C\CCCCC(=O)NC(COP(=O)(O)OCC[N+](C)(C)C)C(O)/C=C/CCCCCCCCCCCCCCCCC. The zero-order valence-electron chi connectivity index (χ0n) is 35.4. The van der Waals surface area contributed by atoms with Crippen molar-refractivity contribution >= 4 is 13.7 Å². The first-order chi connectivity index (χ1) is 26.0. The third kappa shape index (κ3) is 38.5. The summed E-state index contributed by atoms with van der Waals surface area (Å²) in [6.07, 6.45) is 47.2. The van der Waals surface area contributed by atoms with E-state index in [1.165, 1.54) is 83.5 Å². The number of hydrogen-bond donors (Lipinski definition) is 3. The predicted molar refractivity (Wildman–Crippen MR) is 230 cm³/mol. The highest BCUT2D eigenvalue weighted by atomic mass is 31.2. The van der Waals surface area contributed by atoms with Crippen LogP contribution in [0.2, 0.25) is 0 Å². The van der Waals surface area contributed by atoms with Gasteiger partial charge < -0.3 is 19.8 Å². The summed E-state index contributed by atoms with van der Waals surface area (Å²) in [5.41, 5.74) is 0. The quantitative estimate of drug-likeness (QED) is 0.0249. The van der Waals surface area contributed by atoms with Gasteiger partial charge in [0.05, 0.1) is 39.9 Å². The highest BCUT2D eigenvalue weighted by Gasteiger charge is 2.27. The zero-order valence-corrected chi connectivity index (χ0v) is 36.3. The lowest BCUT2D eigenvalue weighted by Gasteiger charge is -2.25. The average Bonchev–Trinajstić information content (AvgIpc) is 3.12. The molecular formula is C45H84N2O6P+. The van der Waals surface area contributed by atoms with Crippen molar-refractivity contribution in [3.05, 3.63) is 60.8 Å². The van der Waals surface area contributed by atoms with Crippen molar-refractivity contribution in [2.75, 3.05) is 40.9 Å². The van der Waals surface area contributed by atoms with E-state index in [2.05, 4.69) is 67.8 Å². The van der Waals surface area contributed by atoms with Crippen LogP contribution in [0.5, 0.6) is 0 Å². The number of hydrogen-bond acceptors (Lipinski definition) is 5. The first-order valence-corrected chi connectivity index (χ1v) is 23.2. The Labute approximate surface area is 332 Å². The van der Waals surface area contributed by atoms with E-state index in [0.717, 1.165) is 57.8 Å². The van der Waals surface area contributed by atoms with E-state index < -0.39 is 20.0 Å². The number of allylic oxidation sites excluding steroid dienone is 9. The van der Waals surface area contributed by atoms with Crippen molar-refractivity contribution in [1.29, 1.82) is 0 Å². The first kappa shape index (κ1) is 52.2. The lowest BCUT2D eigenvalue weighted by molar-refractivity contribution is -0.870. The Kier molecular flexibility index (Phi) is 35.6. The minimum absolute atomic E-state index is 0.0509. The van der Waals surface area contributed by atoms with Gasteiger partial charge in [-0.2, -0.15) is 0 Å². The number of likely N-dealkylation sites (N-methyl/N-ethyl adjacent to an activating group) is 1. The molecular weight excluding hydrogens is 695 g/mol. The van der Waals surface area contributed by atoms with Crippen LogP contribution in [0, 0.1) is 0 Å². The van der Waals surface area contributed by atoms with Gasteiger partial charge in [-0.3, -0.25) is 13.8 Å². The number of phosphoric ester groups is 1. The smallest absolute Gasteiger partial charge is 0.387 e. The summed E-state index contributed by atoms with van der Waals surface area (Å²) in [5.74, 6) is -0.220. The molecule has 8 nitrogen and oxygen atoms in total. The molecule has 0 aromatic carbocycles. The van der Waals surface area contributed by atoms with Gasteiger partial charge in [0.2, 0.25) is 5.91 Å². The van der Waals surface area contributed by atoms with Crippen molar-refractivity contribution in [3.8, 4) is 0 Å². The zero-order chi connectivity index (χ0) is 40.0. The molecule has 54 heavy (non-hydrogen) atoms. The molecule has 9 heteroatoms. The Bertz CT molecular complexity index is 1060. The number of phosphoric acid groups is 1. The monoisotopic (exact) mass is 780 g/mol. The topological polar surface area (TPSA) is 105 Å². The molecule has 0 heterocycles. The number of quaternary nitrogens is 1. The molecule has 0 aromatic heterocycles. The minimum atomic E-state index is -4.35. The largest absolute Gasteiger partial charge is 0.472 e. The molecule has 3 N–H and O–H groups in total. The van der Waals surface area contributed by atoms with Crippen molar-refractivity contribution < 1.29 is 32.9 Å². The molecule has 0 radical (unpaired) electrons. The maximum absolute atomic E-state index is 12.8. The van der Waals surface area contributed by atoms with Crippen molar-refractivity contribution in [3.63, 3.8) is 0 Å². The van der Waals surface area contributed by atoms with Crippen LogP contribution in [-0.4, -0.2) is 73.4 Å². The molecule has 0 bridgehead atoms. The van der Waals surface area contributed by atoms with Crippen LogP contribution in [0.3, 0.4) is 0 Å². The second-order valence-corrected chi connectivity index (χ2v) is 17.1. The van der Waals surface area contributed by atoms with Gasteiger partial charge in [-0.15, -0.1) is 0 Å². The van der Waals surface area contributed by atoms with Crippen molar-refractivity contribution in [2.24, 2.45) is 0 Å². The normalized spacial score (nSPS) is 15.0. The fraction of sp³-hybridized carbons (Fsp3) is 0.756. The lowest BCUT2D eigenvalue weighted by Crippen LogP contribution is -2.45. The molecule has 314 valence electrons. The lowest BCUT2D eigenvalue weighted by atomic mass is 10.0. The third-order valence-electron chi connectivity index (χ3n) is 9.24. The highest BCUT2D eigenvalue weighted by molar-refractivity contribution is 7.47. The number of unbranched alkanes of at least 4 members (excludes halogenated alkanes) is 17. The average molecular weight is 780 g/mol. The van der Waals surface area contributed by atoms with Crippen LogP contribution in [0.25, 0.3) is 0 Å². The molecule has 3 atom stereocenters. The van der Waals surface area contributed by atoms with Gasteiger partial charge in [0, 0.05) is 6.42 Å². The number of nitrogens with zero attached hydrogens (tertiary/aromatic N) is 1. The summed E-state index contributed by atoms with van der Waals surface area (Å²) in [6, 6.07) is -0.869. The van der Waals surface area contributed by atoms with Gasteiger partial charge in [0.25, 0.3) is 0 Å². The van der Waals surface area contributed by atoms with Crippen LogP contribution < -0.4 is 5.32 Å². The van der Waals surface area contributed by atoms with Crippen LogP contribution in [-0.2, 0) is 18.4 Å². The Morgan fingerprint density at radius 1 is 0.648 bits per heavy atom. The number of aliphatic hydroxyl groups excluding tert-OH is 1. The molecule has 3 unspecified atom stereocenters. The van der Waals surface area contributed by atoms with E-state index in [9.17, 15) is 19.4 Å². The summed E-state index contributed by atoms with van der Waals surface area (Å²) in [5, 5.41) is 13.8. The summed E-state index contributed by atoms with van der Waals surface area (Å²) in [6.45, 7) is 4.65. The number of rotatable bonds is 38. The minimum Gasteiger partial charge on any atom is -0.387 e. The van der Waals surface area contributed by atoms with Crippen molar-refractivity contribution in [2.45, 2.75) is 180 Å². The maximum atomic E-state index is 12.8. The predicted octanol–water partition coefficient (Wildman–Crippen LogP) is 11.9.